The van der Waals surface area contributed by atoms with Crippen molar-refractivity contribution >= 4 is 11.8 Å². The molecule has 0 aromatic heterocycles. The highest BCUT2D eigenvalue weighted by Gasteiger charge is 2.32. The maximum Gasteiger partial charge on any atom is 0.237 e. The summed E-state index contributed by atoms with van der Waals surface area (Å²) in [5.41, 5.74) is 1.45. The van der Waals surface area contributed by atoms with Crippen molar-refractivity contribution in [2.45, 2.75) is 25.6 Å². The number of amides is 2. The van der Waals surface area contributed by atoms with E-state index in [4.69, 9.17) is 4.74 Å². The monoisotopic (exact) mass is 385 g/mol. The van der Waals surface area contributed by atoms with E-state index in [1.165, 1.54) is 13.2 Å². The van der Waals surface area contributed by atoms with Crippen molar-refractivity contribution < 1.29 is 18.7 Å². The Kier molecular flexibility index (Phi) is 6.60. The Morgan fingerprint density at radius 1 is 1.29 bits per heavy atom. The van der Waals surface area contributed by atoms with Gasteiger partial charge in [0.05, 0.1) is 19.6 Å². The van der Waals surface area contributed by atoms with Gasteiger partial charge in [0.25, 0.3) is 0 Å². The Bertz CT molecular complexity index is 829. The number of carbonyl (C=O) groups is 2. The van der Waals surface area contributed by atoms with E-state index >= 15 is 0 Å². The van der Waals surface area contributed by atoms with Crippen LogP contribution in [-0.2, 0) is 22.7 Å². The molecule has 1 aliphatic heterocycles. The number of nitrogens with one attached hydrogen (secondary N) is 2. The lowest BCUT2D eigenvalue weighted by Crippen LogP contribution is -2.56. The molecule has 3 rings (SSSR count). The summed E-state index contributed by atoms with van der Waals surface area (Å²) in [6, 6.07) is 13.6. The lowest BCUT2D eigenvalue weighted by atomic mass is 10.1. The normalized spacial score (nSPS) is 17.1. The third-order valence-corrected chi connectivity index (χ3v) is 4.79. The Morgan fingerprint density at radius 3 is 2.79 bits per heavy atom. The van der Waals surface area contributed by atoms with Gasteiger partial charge in [0.15, 0.2) is 0 Å². The number of carbonyl (C=O) groups excluding carboxylic acids is 2. The summed E-state index contributed by atoms with van der Waals surface area (Å²) in [6.07, 6.45) is 0.0242. The molecule has 0 unspecified atom stereocenters. The van der Waals surface area contributed by atoms with Gasteiger partial charge in [0.2, 0.25) is 11.8 Å². The first-order valence-electron chi connectivity index (χ1n) is 9.21. The van der Waals surface area contributed by atoms with E-state index in [9.17, 15) is 14.0 Å². The molecule has 2 aromatic rings. The van der Waals surface area contributed by atoms with Crippen molar-refractivity contribution in [2.24, 2.45) is 0 Å². The first kappa shape index (κ1) is 19.8. The summed E-state index contributed by atoms with van der Waals surface area (Å²) in [6.45, 7) is 1.67. The van der Waals surface area contributed by atoms with E-state index in [0.717, 1.165) is 5.56 Å². The molecule has 0 spiro atoms. The molecular formula is C21H24FN3O3. The van der Waals surface area contributed by atoms with Crippen LogP contribution in [0.3, 0.4) is 0 Å². The van der Waals surface area contributed by atoms with Gasteiger partial charge < -0.3 is 15.4 Å². The smallest absolute Gasteiger partial charge is 0.237 e. The first-order chi connectivity index (χ1) is 13.6. The fourth-order valence-electron chi connectivity index (χ4n) is 3.22. The molecule has 0 aliphatic carbocycles. The SMILES string of the molecule is COc1ccc(CN2CCNC(=O)[C@H]2CC(=O)NCc2ccccc2)c(F)c1. The molecule has 0 radical (unpaired) electrons. The number of halogens is 1. The molecular weight excluding hydrogens is 361 g/mol. The zero-order valence-corrected chi connectivity index (χ0v) is 15.8. The molecule has 2 N–H and O–H groups in total. The van der Waals surface area contributed by atoms with Crippen molar-refractivity contribution in [1.82, 2.24) is 15.5 Å². The highest BCUT2D eigenvalue weighted by molar-refractivity contribution is 5.88. The zero-order valence-electron chi connectivity index (χ0n) is 15.8. The fraction of sp³-hybridized carbons (Fsp3) is 0.333. The molecule has 148 valence electrons. The number of benzene rings is 2. The number of hydrogen-bond donors (Lipinski definition) is 2. The predicted octanol–water partition coefficient (Wildman–Crippen LogP) is 1.84. The summed E-state index contributed by atoms with van der Waals surface area (Å²) < 4.78 is 19.3. The van der Waals surface area contributed by atoms with Crippen LogP contribution < -0.4 is 15.4 Å². The molecule has 0 saturated carbocycles. The van der Waals surface area contributed by atoms with Crippen LogP contribution in [0.2, 0.25) is 0 Å². The largest absolute Gasteiger partial charge is 0.497 e. The number of hydrogen-bond acceptors (Lipinski definition) is 4. The van der Waals surface area contributed by atoms with Gasteiger partial charge in [-0.2, -0.15) is 0 Å². The Morgan fingerprint density at radius 2 is 2.07 bits per heavy atom. The molecule has 2 amide bonds. The van der Waals surface area contributed by atoms with Gasteiger partial charge in [-0.1, -0.05) is 36.4 Å². The molecule has 28 heavy (non-hydrogen) atoms. The fourth-order valence-corrected chi connectivity index (χ4v) is 3.22. The van der Waals surface area contributed by atoms with Crippen LogP contribution in [0.25, 0.3) is 0 Å². The Balaban J connectivity index is 1.63. The third kappa shape index (κ3) is 5.07. The molecule has 1 aliphatic rings. The molecule has 1 heterocycles. The van der Waals surface area contributed by atoms with Crippen LogP contribution in [0, 0.1) is 5.82 Å². The van der Waals surface area contributed by atoms with Gasteiger partial charge in [-0.05, 0) is 11.6 Å². The van der Waals surface area contributed by atoms with E-state index in [0.29, 0.717) is 30.9 Å². The number of rotatable bonds is 7. The molecule has 1 saturated heterocycles. The van der Waals surface area contributed by atoms with E-state index in [2.05, 4.69) is 10.6 Å². The summed E-state index contributed by atoms with van der Waals surface area (Å²) in [4.78, 5) is 26.6. The minimum Gasteiger partial charge on any atom is -0.497 e. The number of methoxy groups -OCH3 is 1. The minimum absolute atomic E-state index is 0.0242. The number of nitrogens with zero attached hydrogens (tertiary/aromatic N) is 1. The Hall–Kier alpha value is -2.93. The second kappa shape index (κ2) is 9.32. The molecule has 1 fully saturated rings. The zero-order chi connectivity index (χ0) is 19.9. The third-order valence-electron chi connectivity index (χ3n) is 4.79. The highest BCUT2D eigenvalue weighted by Crippen LogP contribution is 2.20. The van der Waals surface area contributed by atoms with Crippen molar-refractivity contribution in [3.63, 3.8) is 0 Å². The minimum atomic E-state index is -0.633. The molecule has 2 aromatic carbocycles. The predicted molar refractivity (Wildman–Crippen MR) is 103 cm³/mol. The highest BCUT2D eigenvalue weighted by atomic mass is 19.1. The van der Waals surface area contributed by atoms with Crippen molar-refractivity contribution in [3.8, 4) is 5.75 Å². The lowest BCUT2D eigenvalue weighted by molar-refractivity contribution is -0.134. The van der Waals surface area contributed by atoms with E-state index < -0.39 is 11.9 Å². The average Bonchev–Trinajstić information content (AvgIpc) is 2.71. The lowest BCUT2D eigenvalue weighted by Gasteiger charge is -2.34. The topological polar surface area (TPSA) is 70.7 Å². The summed E-state index contributed by atoms with van der Waals surface area (Å²) in [5, 5.41) is 5.63. The standard InChI is InChI=1S/C21H24FN3O3/c1-28-17-8-7-16(18(22)11-17)14-25-10-9-23-21(27)19(25)12-20(26)24-13-15-5-3-2-4-6-15/h2-8,11,19H,9-10,12-14H2,1H3,(H,23,27)(H,24,26)/t19-/m1/s1. The van der Waals surface area contributed by atoms with Gasteiger partial charge in [-0.3, -0.25) is 14.5 Å². The van der Waals surface area contributed by atoms with Crippen molar-refractivity contribution in [3.05, 3.63) is 65.5 Å². The first-order valence-corrected chi connectivity index (χ1v) is 9.21. The maximum atomic E-state index is 14.3. The summed E-state index contributed by atoms with van der Waals surface area (Å²) in [7, 11) is 1.48. The van der Waals surface area contributed by atoms with Crippen molar-refractivity contribution in [2.75, 3.05) is 20.2 Å². The number of piperazine rings is 1. The van der Waals surface area contributed by atoms with Gasteiger partial charge in [0, 0.05) is 37.8 Å². The maximum absolute atomic E-state index is 14.3. The van der Waals surface area contributed by atoms with Crippen LogP contribution in [0.4, 0.5) is 4.39 Å². The van der Waals surface area contributed by atoms with Gasteiger partial charge in [0.1, 0.15) is 11.6 Å². The quantitative estimate of drug-likeness (QED) is 0.763. The van der Waals surface area contributed by atoms with Crippen LogP contribution in [-0.4, -0.2) is 43.0 Å². The van der Waals surface area contributed by atoms with E-state index in [-0.39, 0.29) is 24.8 Å². The van der Waals surface area contributed by atoms with Gasteiger partial charge in [-0.15, -0.1) is 0 Å². The molecule has 1 atom stereocenters. The van der Waals surface area contributed by atoms with E-state index in [1.807, 2.05) is 35.2 Å². The molecule has 7 heteroatoms. The van der Waals surface area contributed by atoms with Gasteiger partial charge in [-0.25, -0.2) is 4.39 Å². The van der Waals surface area contributed by atoms with Crippen LogP contribution in [0.5, 0.6) is 5.75 Å². The molecule has 0 bridgehead atoms. The number of ether oxygens (including phenoxy) is 1. The van der Waals surface area contributed by atoms with Gasteiger partial charge >= 0.3 is 0 Å². The Labute approximate surface area is 163 Å². The van der Waals surface area contributed by atoms with Crippen LogP contribution >= 0.6 is 0 Å². The summed E-state index contributed by atoms with van der Waals surface area (Å²) >= 11 is 0. The second-order valence-electron chi connectivity index (χ2n) is 6.70. The molecule has 6 nitrogen and oxygen atoms in total. The van der Waals surface area contributed by atoms with Crippen molar-refractivity contribution in [1.29, 1.82) is 0 Å². The second-order valence-corrected chi connectivity index (χ2v) is 6.70. The van der Waals surface area contributed by atoms with Crippen LogP contribution in [0.1, 0.15) is 17.5 Å². The average molecular weight is 385 g/mol. The summed E-state index contributed by atoms with van der Waals surface area (Å²) in [5.74, 6) is -0.381. The van der Waals surface area contributed by atoms with Crippen LogP contribution in [0.15, 0.2) is 48.5 Å². The van der Waals surface area contributed by atoms with E-state index in [1.54, 1.807) is 12.1 Å².